The highest BCUT2D eigenvalue weighted by atomic mass is 32.2. The molecule has 0 aliphatic rings. The van der Waals surface area contributed by atoms with E-state index in [0.717, 1.165) is 24.2 Å². The van der Waals surface area contributed by atoms with E-state index in [1.165, 1.54) is 4.90 Å². The van der Waals surface area contributed by atoms with Crippen molar-refractivity contribution >= 4 is 23.4 Å². The highest BCUT2D eigenvalue weighted by molar-refractivity contribution is 7.98. The first kappa shape index (κ1) is 15.9. The first-order valence-corrected chi connectivity index (χ1v) is 7.71. The predicted molar refractivity (Wildman–Crippen MR) is 82.7 cm³/mol. The van der Waals surface area contributed by atoms with Gasteiger partial charge < -0.3 is 16.0 Å². The topological polar surface area (TPSA) is 58.4 Å². The lowest BCUT2D eigenvalue weighted by atomic mass is 10.1. The highest BCUT2D eigenvalue weighted by Gasteiger charge is 2.15. The molecule has 1 aromatic carbocycles. The second-order valence-electron chi connectivity index (χ2n) is 4.26. The summed E-state index contributed by atoms with van der Waals surface area (Å²) >= 11 is 1.69. The van der Waals surface area contributed by atoms with Crippen molar-refractivity contribution in [2.75, 3.05) is 31.3 Å². The van der Waals surface area contributed by atoms with Crippen LogP contribution in [0.15, 0.2) is 23.1 Å². The van der Waals surface area contributed by atoms with Gasteiger partial charge in [0.2, 0.25) is 5.91 Å². The minimum absolute atomic E-state index is 0.0194. The molecule has 0 aliphatic carbocycles. The summed E-state index contributed by atoms with van der Waals surface area (Å²) in [4.78, 5) is 14.9. The number of benzene rings is 1. The number of hydrogen-bond acceptors (Lipinski definition) is 4. The van der Waals surface area contributed by atoms with Crippen molar-refractivity contribution in [3.05, 3.63) is 23.8 Å². The van der Waals surface area contributed by atoms with E-state index in [0.29, 0.717) is 13.1 Å². The summed E-state index contributed by atoms with van der Waals surface area (Å²) in [7, 11) is 1.66. The van der Waals surface area contributed by atoms with Crippen molar-refractivity contribution in [1.29, 1.82) is 0 Å². The lowest BCUT2D eigenvalue weighted by molar-refractivity contribution is -0.119. The number of anilines is 1. The molecule has 4 nitrogen and oxygen atoms in total. The maximum Gasteiger partial charge on any atom is 0.239 e. The summed E-state index contributed by atoms with van der Waals surface area (Å²) in [6.45, 7) is 3.81. The van der Waals surface area contributed by atoms with Gasteiger partial charge in [0, 0.05) is 36.3 Å². The van der Waals surface area contributed by atoms with Gasteiger partial charge in [-0.1, -0.05) is 13.0 Å². The van der Waals surface area contributed by atoms with Crippen LogP contribution in [0.3, 0.4) is 0 Å². The van der Waals surface area contributed by atoms with Crippen molar-refractivity contribution in [2.24, 2.45) is 5.73 Å². The molecule has 1 aromatic rings. The largest absolute Gasteiger partial charge is 0.362 e. The van der Waals surface area contributed by atoms with Gasteiger partial charge in [0.25, 0.3) is 0 Å². The molecule has 0 unspecified atom stereocenters. The molecule has 0 bridgehead atoms. The zero-order valence-corrected chi connectivity index (χ0v) is 12.7. The number of amides is 1. The van der Waals surface area contributed by atoms with E-state index < -0.39 is 0 Å². The Balaban J connectivity index is 3.10. The Bertz CT molecular complexity index is 423. The summed E-state index contributed by atoms with van der Waals surface area (Å²) in [5, 5.41) is 2.67. The summed E-state index contributed by atoms with van der Waals surface area (Å²) in [5.74, 6) is 0.0194. The number of rotatable bonds is 7. The summed E-state index contributed by atoms with van der Waals surface area (Å²) in [5.41, 5.74) is 8.07. The van der Waals surface area contributed by atoms with Crippen molar-refractivity contribution in [1.82, 2.24) is 5.32 Å². The van der Waals surface area contributed by atoms with Crippen molar-refractivity contribution in [3.63, 3.8) is 0 Å². The van der Waals surface area contributed by atoms with Crippen LogP contribution >= 0.6 is 11.8 Å². The van der Waals surface area contributed by atoms with Gasteiger partial charge in [0.1, 0.15) is 0 Å². The molecule has 0 aromatic heterocycles. The lowest BCUT2D eigenvalue weighted by Gasteiger charge is -2.26. The Morgan fingerprint density at radius 2 is 2.21 bits per heavy atom. The second kappa shape index (κ2) is 8.07. The lowest BCUT2D eigenvalue weighted by Crippen LogP contribution is -2.36. The average molecular weight is 281 g/mol. The molecule has 1 amide bonds. The highest BCUT2D eigenvalue weighted by Crippen LogP contribution is 2.29. The quantitative estimate of drug-likeness (QED) is 0.749. The zero-order valence-electron chi connectivity index (χ0n) is 11.9. The molecule has 3 N–H and O–H groups in total. The van der Waals surface area contributed by atoms with Gasteiger partial charge >= 0.3 is 0 Å². The number of nitrogens with two attached hydrogens (primary N) is 1. The van der Waals surface area contributed by atoms with E-state index in [4.69, 9.17) is 5.73 Å². The molecule has 0 aliphatic heterocycles. The number of carbonyl (C=O) groups excluding carboxylic acids is 1. The fraction of sp³-hybridized carbons (Fsp3) is 0.500. The fourth-order valence-corrected chi connectivity index (χ4v) is 2.70. The van der Waals surface area contributed by atoms with Gasteiger partial charge in [0.05, 0.1) is 6.54 Å². The molecule has 106 valence electrons. The van der Waals surface area contributed by atoms with Crippen LogP contribution in [-0.4, -0.2) is 32.3 Å². The van der Waals surface area contributed by atoms with Crippen molar-refractivity contribution in [2.45, 2.75) is 24.8 Å². The van der Waals surface area contributed by atoms with E-state index in [9.17, 15) is 4.79 Å². The van der Waals surface area contributed by atoms with E-state index in [1.54, 1.807) is 18.8 Å². The normalized spacial score (nSPS) is 10.3. The number of nitrogens with zero attached hydrogens (tertiary/aromatic N) is 1. The smallest absolute Gasteiger partial charge is 0.239 e. The Kier molecular flexibility index (Phi) is 6.73. The average Bonchev–Trinajstić information content (AvgIpc) is 2.45. The number of carbonyl (C=O) groups is 1. The monoisotopic (exact) mass is 281 g/mol. The van der Waals surface area contributed by atoms with Crippen LogP contribution in [0.25, 0.3) is 0 Å². The van der Waals surface area contributed by atoms with Gasteiger partial charge in [-0.15, -0.1) is 11.8 Å². The van der Waals surface area contributed by atoms with E-state index in [1.807, 2.05) is 18.4 Å². The number of hydrogen-bond donors (Lipinski definition) is 2. The van der Waals surface area contributed by atoms with Crippen LogP contribution in [0.5, 0.6) is 0 Å². The standard InChI is InChI=1S/C14H23N3OS/c1-4-8-17(10-14(18)16-2)12-6-5-7-13(19-3)11(12)9-15/h5-7H,4,8-10,15H2,1-3H3,(H,16,18). The Morgan fingerprint density at radius 3 is 2.74 bits per heavy atom. The molecule has 0 radical (unpaired) electrons. The molecule has 1 rings (SSSR count). The van der Waals surface area contributed by atoms with E-state index in [2.05, 4.69) is 23.2 Å². The third-order valence-electron chi connectivity index (χ3n) is 2.98. The zero-order chi connectivity index (χ0) is 14.3. The number of thioether (sulfide) groups is 1. The molecule has 0 saturated heterocycles. The molecular formula is C14H23N3OS. The van der Waals surface area contributed by atoms with E-state index in [-0.39, 0.29) is 5.91 Å². The Hall–Kier alpha value is -1.20. The second-order valence-corrected chi connectivity index (χ2v) is 5.10. The number of likely N-dealkylation sites (N-methyl/N-ethyl adjacent to an activating group) is 1. The minimum atomic E-state index is 0.0194. The molecule has 0 spiro atoms. The molecule has 0 saturated carbocycles. The summed E-state index contributed by atoms with van der Waals surface area (Å²) in [6.07, 6.45) is 3.03. The minimum Gasteiger partial charge on any atom is -0.362 e. The predicted octanol–water partition coefficient (Wildman–Crippen LogP) is 1.83. The molecule has 19 heavy (non-hydrogen) atoms. The fourth-order valence-electron chi connectivity index (χ4n) is 2.05. The summed E-state index contributed by atoms with van der Waals surface area (Å²) < 4.78 is 0. The molecule has 5 heteroatoms. The molecule has 0 atom stereocenters. The molecule has 0 fully saturated rings. The Morgan fingerprint density at radius 1 is 1.47 bits per heavy atom. The van der Waals surface area contributed by atoms with Crippen LogP contribution in [0, 0.1) is 0 Å². The van der Waals surface area contributed by atoms with Gasteiger partial charge in [0.15, 0.2) is 0 Å². The molecular weight excluding hydrogens is 258 g/mol. The van der Waals surface area contributed by atoms with Crippen molar-refractivity contribution in [3.8, 4) is 0 Å². The SMILES string of the molecule is CCCN(CC(=O)NC)c1cccc(SC)c1CN. The Labute approximate surface area is 119 Å². The van der Waals surface area contributed by atoms with Gasteiger partial charge in [-0.3, -0.25) is 4.79 Å². The first-order chi connectivity index (χ1) is 9.17. The maximum atomic E-state index is 11.6. The van der Waals surface area contributed by atoms with E-state index >= 15 is 0 Å². The number of nitrogens with one attached hydrogen (secondary N) is 1. The van der Waals surface area contributed by atoms with Crippen LogP contribution in [0.2, 0.25) is 0 Å². The third-order valence-corrected chi connectivity index (χ3v) is 3.80. The van der Waals surface area contributed by atoms with Crippen molar-refractivity contribution < 1.29 is 4.79 Å². The van der Waals surface area contributed by atoms with Crippen LogP contribution in [0.4, 0.5) is 5.69 Å². The third kappa shape index (κ3) is 4.14. The van der Waals surface area contributed by atoms with Crippen LogP contribution in [-0.2, 0) is 11.3 Å². The van der Waals surface area contributed by atoms with Gasteiger partial charge in [-0.25, -0.2) is 0 Å². The molecule has 0 heterocycles. The van der Waals surface area contributed by atoms with Gasteiger partial charge in [-0.2, -0.15) is 0 Å². The summed E-state index contributed by atoms with van der Waals surface area (Å²) in [6, 6.07) is 6.13. The van der Waals surface area contributed by atoms with Crippen LogP contribution < -0.4 is 16.0 Å². The van der Waals surface area contributed by atoms with Gasteiger partial charge in [-0.05, 0) is 24.8 Å². The first-order valence-electron chi connectivity index (χ1n) is 6.49. The van der Waals surface area contributed by atoms with Crippen LogP contribution in [0.1, 0.15) is 18.9 Å². The maximum absolute atomic E-state index is 11.6.